The Morgan fingerprint density at radius 3 is 2.50 bits per heavy atom. The molecule has 106 valence electrons. The molecule has 0 aromatic heterocycles. The molecule has 2 aromatic rings. The Bertz CT molecular complexity index is 566. The SMILES string of the molecule is CCNC(Cc1ccc(I)cc1)c1cccc(C)c1Cl. The van der Waals surface area contributed by atoms with Gasteiger partial charge in [0.25, 0.3) is 0 Å². The van der Waals surface area contributed by atoms with Crippen molar-refractivity contribution in [3.8, 4) is 0 Å². The van der Waals surface area contributed by atoms with Crippen molar-refractivity contribution >= 4 is 34.2 Å². The summed E-state index contributed by atoms with van der Waals surface area (Å²) < 4.78 is 1.26. The molecule has 1 atom stereocenters. The molecule has 0 aliphatic carbocycles. The topological polar surface area (TPSA) is 12.0 Å². The van der Waals surface area contributed by atoms with E-state index in [1.165, 1.54) is 14.7 Å². The van der Waals surface area contributed by atoms with E-state index in [1.807, 2.05) is 0 Å². The molecule has 0 amide bonds. The molecule has 20 heavy (non-hydrogen) atoms. The van der Waals surface area contributed by atoms with E-state index < -0.39 is 0 Å². The summed E-state index contributed by atoms with van der Waals surface area (Å²) in [7, 11) is 0. The molecule has 2 rings (SSSR count). The number of rotatable bonds is 5. The van der Waals surface area contributed by atoms with Crippen LogP contribution in [0.25, 0.3) is 0 Å². The van der Waals surface area contributed by atoms with Crippen LogP contribution in [0.15, 0.2) is 42.5 Å². The quantitative estimate of drug-likeness (QED) is 0.686. The minimum absolute atomic E-state index is 0.257. The number of benzene rings is 2. The van der Waals surface area contributed by atoms with Gasteiger partial charge in [0.15, 0.2) is 0 Å². The second kappa shape index (κ2) is 7.43. The van der Waals surface area contributed by atoms with Crippen molar-refractivity contribution in [3.63, 3.8) is 0 Å². The number of halogens is 2. The third kappa shape index (κ3) is 3.96. The van der Waals surface area contributed by atoms with Crippen molar-refractivity contribution < 1.29 is 0 Å². The molecule has 0 radical (unpaired) electrons. The number of hydrogen-bond acceptors (Lipinski definition) is 1. The molecule has 0 saturated heterocycles. The summed E-state index contributed by atoms with van der Waals surface area (Å²) in [6.07, 6.45) is 0.952. The highest BCUT2D eigenvalue weighted by Gasteiger charge is 2.15. The Morgan fingerprint density at radius 1 is 1.15 bits per heavy atom. The first-order valence-corrected chi connectivity index (χ1v) is 8.30. The van der Waals surface area contributed by atoms with Crippen LogP contribution in [-0.2, 0) is 6.42 Å². The van der Waals surface area contributed by atoms with Gasteiger partial charge >= 0.3 is 0 Å². The summed E-state index contributed by atoms with van der Waals surface area (Å²) in [4.78, 5) is 0. The van der Waals surface area contributed by atoms with Crippen LogP contribution >= 0.6 is 34.2 Å². The van der Waals surface area contributed by atoms with E-state index in [4.69, 9.17) is 11.6 Å². The lowest BCUT2D eigenvalue weighted by Crippen LogP contribution is -2.23. The van der Waals surface area contributed by atoms with Gasteiger partial charge in [0.2, 0.25) is 0 Å². The van der Waals surface area contributed by atoms with Crippen LogP contribution in [-0.4, -0.2) is 6.54 Å². The van der Waals surface area contributed by atoms with Crippen molar-refractivity contribution in [3.05, 3.63) is 67.7 Å². The Balaban J connectivity index is 2.26. The first-order chi connectivity index (χ1) is 9.61. The first-order valence-electron chi connectivity index (χ1n) is 6.84. The van der Waals surface area contributed by atoms with Gasteiger partial charge in [0.05, 0.1) is 0 Å². The van der Waals surface area contributed by atoms with Crippen molar-refractivity contribution in [1.29, 1.82) is 0 Å². The van der Waals surface area contributed by atoms with Crippen molar-refractivity contribution in [2.75, 3.05) is 6.54 Å². The van der Waals surface area contributed by atoms with E-state index in [0.717, 1.165) is 23.6 Å². The van der Waals surface area contributed by atoms with E-state index in [1.54, 1.807) is 0 Å². The van der Waals surface area contributed by atoms with Crippen LogP contribution in [0.5, 0.6) is 0 Å². The number of hydrogen-bond donors (Lipinski definition) is 1. The maximum Gasteiger partial charge on any atom is 0.0483 e. The minimum atomic E-state index is 0.257. The van der Waals surface area contributed by atoms with E-state index in [9.17, 15) is 0 Å². The standard InChI is InChI=1S/C17H19ClIN/c1-3-20-16(11-13-7-9-14(19)10-8-13)15-6-4-5-12(2)17(15)18/h4-10,16,20H,3,11H2,1-2H3. The van der Waals surface area contributed by atoms with Gasteiger partial charge in [0, 0.05) is 14.6 Å². The number of aryl methyl sites for hydroxylation is 1. The zero-order valence-electron chi connectivity index (χ0n) is 11.8. The van der Waals surface area contributed by atoms with Crippen molar-refractivity contribution in [2.45, 2.75) is 26.3 Å². The molecule has 0 fully saturated rings. The molecule has 1 N–H and O–H groups in total. The third-order valence-electron chi connectivity index (χ3n) is 3.40. The predicted octanol–water partition coefficient (Wildman–Crippen LogP) is 5.15. The lowest BCUT2D eigenvalue weighted by atomic mass is 9.97. The first kappa shape index (κ1) is 15.8. The fourth-order valence-corrected chi connectivity index (χ4v) is 2.95. The average Bonchev–Trinajstić information content (AvgIpc) is 2.44. The highest BCUT2D eigenvalue weighted by molar-refractivity contribution is 14.1. The molecule has 0 bridgehead atoms. The van der Waals surface area contributed by atoms with E-state index in [-0.39, 0.29) is 6.04 Å². The molecule has 0 saturated carbocycles. The number of nitrogens with one attached hydrogen (secondary N) is 1. The summed E-state index contributed by atoms with van der Waals surface area (Å²) in [5, 5.41) is 4.42. The van der Waals surface area contributed by atoms with Crippen LogP contribution in [0.3, 0.4) is 0 Å². The van der Waals surface area contributed by atoms with Crippen LogP contribution in [0.2, 0.25) is 5.02 Å². The Hall–Kier alpha value is -0.580. The predicted molar refractivity (Wildman–Crippen MR) is 95.5 cm³/mol. The van der Waals surface area contributed by atoms with E-state index >= 15 is 0 Å². The minimum Gasteiger partial charge on any atom is -0.310 e. The van der Waals surface area contributed by atoms with Crippen LogP contribution in [0, 0.1) is 10.5 Å². The second-order valence-corrected chi connectivity index (χ2v) is 6.54. The van der Waals surface area contributed by atoms with Crippen LogP contribution in [0.4, 0.5) is 0 Å². The third-order valence-corrected chi connectivity index (χ3v) is 4.64. The molecular weight excluding hydrogens is 381 g/mol. The molecule has 1 nitrogen and oxygen atoms in total. The maximum absolute atomic E-state index is 6.47. The lowest BCUT2D eigenvalue weighted by Gasteiger charge is -2.20. The van der Waals surface area contributed by atoms with Gasteiger partial charge in [-0.05, 0) is 71.3 Å². The summed E-state index contributed by atoms with van der Waals surface area (Å²) in [5.74, 6) is 0. The highest BCUT2D eigenvalue weighted by atomic mass is 127. The van der Waals surface area contributed by atoms with Gasteiger partial charge in [0.1, 0.15) is 0 Å². The summed E-state index contributed by atoms with van der Waals surface area (Å²) in [6, 6.07) is 15.2. The van der Waals surface area contributed by atoms with E-state index in [2.05, 4.69) is 84.2 Å². The molecule has 0 aliphatic heterocycles. The fraction of sp³-hybridized carbons (Fsp3) is 0.294. The molecule has 1 unspecified atom stereocenters. The van der Waals surface area contributed by atoms with Gasteiger partial charge in [-0.1, -0.05) is 48.9 Å². The zero-order valence-corrected chi connectivity index (χ0v) is 14.7. The van der Waals surface area contributed by atoms with E-state index in [0.29, 0.717) is 0 Å². The monoisotopic (exact) mass is 399 g/mol. The van der Waals surface area contributed by atoms with Gasteiger partial charge in [-0.2, -0.15) is 0 Å². The molecular formula is C17H19ClIN. The molecule has 2 aromatic carbocycles. The molecule has 0 aliphatic rings. The molecule has 0 heterocycles. The van der Waals surface area contributed by atoms with Crippen molar-refractivity contribution in [2.24, 2.45) is 0 Å². The summed E-state index contributed by atoms with van der Waals surface area (Å²) >= 11 is 8.81. The Morgan fingerprint density at radius 2 is 1.85 bits per heavy atom. The maximum atomic E-state index is 6.47. The Labute approximate surface area is 139 Å². The zero-order chi connectivity index (χ0) is 14.5. The lowest BCUT2D eigenvalue weighted by molar-refractivity contribution is 0.549. The second-order valence-electron chi connectivity index (χ2n) is 4.92. The average molecular weight is 400 g/mol. The van der Waals surface area contributed by atoms with Crippen LogP contribution < -0.4 is 5.32 Å². The van der Waals surface area contributed by atoms with Gasteiger partial charge < -0.3 is 5.32 Å². The highest BCUT2D eigenvalue weighted by Crippen LogP contribution is 2.28. The summed E-state index contributed by atoms with van der Waals surface area (Å²) in [5.41, 5.74) is 3.65. The molecule has 3 heteroatoms. The Kier molecular flexibility index (Phi) is 5.87. The number of likely N-dealkylation sites (N-methyl/N-ethyl adjacent to an activating group) is 1. The smallest absolute Gasteiger partial charge is 0.0483 e. The largest absolute Gasteiger partial charge is 0.310 e. The van der Waals surface area contributed by atoms with Crippen LogP contribution in [0.1, 0.15) is 29.7 Å². The fourth-order valence-electron chi connectivity index (χ4n) is 2.33. The summed E-state index contributed by atoms with van der Waals surface area (Å²) in [6.45, 7) is 5.11. The van der Waals surface area contributed by atoms with Crippen molar-refractivity contribution in [1.82, 2.24) is 5.32 Å². The normalized spacial score (nSPS) is 12.4. The van der Waals surface area contributed by atoms with Gasteiger partial charge in [-0.25, -0.2) is 0 Å². The van der Waals surface area contributed by atoms with Gasteiger partial charge in [-0.15, -0.1) is 0 Å². The van der Waals surface area contributed by atoms with Gasteiger partial charge in [-0.3, -0.25) is 0 Å². The molecule has 0 spiro atoms.